The summed E-state index contributed by atoms with van der Waals surface area (Å²) >= 11 is 0. The highest BCUT2D eigenvalue weighted by Gasteiger charge is 2.34. The second kappa shape index (κ2) is 6.38. The summed E-state index contributed by atoms with van der Waals surface area (Å²) in [6.45, 7) is 3.88. The van der Waals surface area contributed by atoms with Gasteiger partial charge < -0.3 is 14.5 Å². The minimum absolute atomic E-state index is 0.0561. The highest BCUT2D eigenvalue weighted by atomic mass is 16.6. The molecule has 5 nitrogen and oxygen atoms in total. The zero-order valence-corrected chi connectivity index (χ0v) is 13.1. The molecule has 3 rings (SSSR count). The van der Waals surface area contributed by atoms with Crippen LogP contribution in [0, 0.1) is 5.92 Å². The number of para-hydroxylation sites is 1. The van der Waals surface area contributed by atoms with Gasteiger partial charge in [0.1, 0.15) is 5.75 Å². The molecule has 0 N–H and O–H groups in total. The van der Waals surface area contributed by atoms with Gasteiger partial charge in [0, 0.05) is 25.1 Å². The molecule has 0 aromatic heterocycles. The summed E-state index contributed by atoms with van der Waals surface area (Å²) in [6, 6.07) is 7.67. The molecule has 2 aliphatic rings. The Kier molecular flexibility index (Phi) is 4.32. The Labute approximate surface area is 130 Å². The topological polar surface area (TPSA) is 51.1 Å². The Bertz CT molecular complexity index is 577. The molecule has 0 bridgehead atoms. The fourth-order valence-corrected chi connectivity index (χ4v) is 2.98. The summed E-state index contributed by atoms with van der Waals surface area (Å²) in [5.41, 5.74) is 1.67. The van der Waals surface area contributed by atoms with E-state index in [9.17, 15) is 4.79 Å². The Morgan fingerprint density at radius 3 is 2.77 bits per heavy atom. The fourth-order valence-electron chi connectivity index (χ4n) is 2.98. The van der Waals surface area contributed by atoms with Gasteiger partial charge in [-0.3, -0.25) is 4.79 Å². The molecular formula is C17H22N2O3. The minimum Gasteiger partial charge on any atom is -0.496 e. The summed E-state index contributed by atoms with van der Waals surface area (Å²) in [5, 5.41) is 4.12. The molecule has 118 valence electrons. The van der Waals surface area contributed by atoms with Crippen LogP contribution in [0.1, 0.15) is 31.7 Å². The van der Waals surface area contributed by atoms with Crippen molar-refractivity contribution in [2.45, 2.75) is 32.3 Å². The van der Waals surface area contributed by atoms with Crippen LogP contribution >= 0.6 is 0 Å². The van der Waals surface area contributed by atoms with Crippen molar-refractivity contribution in [3.63, 3.8) is 0 Å². The summed E-state index contributed by atoms with van der Waals surface area (Å²) < 4.78 is 5.35. The Balaban J connectivity index is 1.65. The van der Waals surface area contributed by atoms with Crippen molar-refractivity contribution < 1.29 is 14.4 Å². The van der Waals surface area contributed by atoms with E-state index in [4.69, 9.17) is 9.57 Å². The molecule has 0 spiro atoms. The number of piperidine rings is 1. The van der Waals surface area contributed by atoms with E-state index in [-0.39, 0.29) is 5.91 Å². The number of amides is 1. The van der Waals surface area contributed by atoms with Gasteiger partial charge in [0.05, 0.1) is 12.8 Å². The predicted molar refractivity (Wildman–Crippen MR) is 84.0 cm³/mol. The van der Waals surface area contributed by atoms with Gasteiger partial charge in [-0.1, -0.05) is 24.2 Å². The minimum atomic E-state index is -0.492. The summed E-state index contributed by atoms with van der Waals surface area (Å²) in [4.78, 5) is 19.8. The molecule has 1 amide bonds. The molecule has 1 atom stereocenters. The second-order valence-corrected chi connectivity index (χ2v) is 6.04. The van der Waals surface area contributed by atoms with Gasteiger partial charge in [0.2, 0.25) is 6.10 Å². The van der Waals surface area contributed by atoms with Crippen LogP contribution in [-0.2, 0) is 9.63 Å². The molecule has 1 aromatic rings. The van der Waals surface area contributed by atoms with E-state index < -0.39 is 6.10 Å². The monoisotopic (exact) mass is 302 g/mol. The molecule has 2 aliphatic heterocycles. The molecule has 2 heterocycles. The number of nitrogens with zero attached hydrogens (tertiary/aromatic N) is 2. The Hall–Kier alpha value is -2.04. The number of hydrogen-bond acceptors (Lipinski definition) is 4. The van der Waals surface area contributed by atoms with E-state index in [2.05, 4.69) is 12.1 Å². The standard InChI is InChI=1S/C17H22N2O3/c1-12-7-9-19(10-8-12)17(20)16-11-14(18-22-16)13-5-3-4-6-15(13)21-2/h3-6,12,16H,7-11H2,1-2H3. The number of carbonyl (C=O) groups is 1. The van der Waals surface area contributed by atoms with Gasteiger partial charge in [0.15, 0.2) is 0 Å². The number of likely N-dealkylation sites (tertiary alicyclic amines) is 1. The Morgan fingerprint density at radius 1 is 1.32 bits per heavy atom. The third-order valence-electron chi connectivity index (χ3n) is 4.46. The van der Waals surface area contributed by atoms with Gasteiger partial charge in [-0.2, -0.15) is 0 Å². The van der Waals surface area contributed by atoms with Crippen LogP contribution in [0.3, 0.4) is 0 Å². The number of rotatable bonds is 3. The van der Waals surface area contributed by atoms with Crippen LogP contribution in [0.15, 0.2) is 29.4 Å². The summed E-state index contributed by atoms with van der Waals surface area (Å²) in [5.74, 6) is 1.51. The summed E-state index contributed by atoms with van der Waals surface area (Å²) in [6.07, 6.45) is 2.15. The Morgan fingerprint density at radius 2 is 2.05 bits per heavy atom. The third-order valence-corrected chi connectivity index (χ3v) is 4.46. The van der Waals surface area contributed by atoms with Gasteiger partial charge in [-0.05, 0) is 30.9 Å². The van der Waals surface area contributed by atoms with Gasteiger partial charge in [-0.25, -0.2) is 0 Å². The molecule has 5 heteroatoms. The average molecular weight is 302 g/mol. The van der Waals surface area contributed by atoms with Crippen molar-refractivity contribution in [1.29, 1.82) is 0 Å². The van der Waals surface area contributed by atoms with Gasteiger partial charge in [-0.15, -0.1) is 0 Å². The number of benzene rings is 1. The van der Waals surface area contributed by atoms with E-state index >= 15 is 0 Å². The lowest BCUT2D eigenvalue weighted by Crippen LogP contribution is -2.43. The third kappa shape index (κ3) is 2.93. The summed E-state index contributed by atoms with van der Waals surface area (Å²) in [7, 11) is 1.63. The van der Waals surface area contributed by atoms with E-state index in [0.29, 0.717) is 12.3 Å². The molecule has 1 saturated heterocycles. The van der Waals surface area contributed by atoms with E-state index in [1.807, 2.05) is 29.2 Å². The maximum Gasteiger partial charge on any atom is 0.266 e. The lowest BCUT2D eigenvalue weighted by atomic mass is 9.98. The number of oxime groups is 1. The first-order valence-corrected chi connectivity index (χ1v) is 7.84. The van der Waals surface area contributed by atoms with Crippen LogP contribution in [0.25, 0.3) is 0 Å². The highest BCUT2D eigenvalue weighted by Crippen LogP contribution is 2.26. The number of carbonyl (C=O) groups excluding carboxylic acids is 1. The number of ether oxygens (including phenoxy) is 1. The molecular weight excluding hydrogens is 280 g/mol. The maximum atomic E-state index is 12.5. The van der Waals surface area contributed by atoms with E-state index in [1.54, 1.807) is 7.11 Å². The quantitative estimate of drug-likeness (QED) is 0.862. The van der Waals surface area contributed by atoms with Crippen molar-refractivity contribution in [3.05, 3.63) is 29.8 Å². The van der Waals surface area contributed by atoms with Gasteiger partial charge in [0.25, 0.3) is 5.91 Å². The normalized spacial score (nSPS) is 22.2. The van der Waals surface area contributed by atoms with Crippen LogP contribution in [0.5, 0.6) is 5.75 Å². The van der Waals surface area contributed by atoms with Gasteiger partial charge >= 0.3 is 0 Å². The first kappa shape index (κ1) is 14.9. The second-order valence-electron chi connectivity index (χ2n) is 6.04. The molecule has 1 aromatic carbocycles. The smallest absolute Gasteiger partial charge is 0.266 e. The van der Waals surface area contributed by atoms with Crippen LogP contribution in [0.4, 0.5) is 0 Å². The lowest BCUT2D eigenvalue weighted by molar-refractivity contribution is -0.143. The first-order valence-electron chi connectivity index (χ1n) is 7.84. The predicted octanol–water partition coefficient (Wildman–Crippen LogP) is 2.45. The average Bonchev–Trinajstić information content (AvgIpc) is 3.04. The molecule has 0 saturated carbocycles. The van der Waals surface area contributed by atoms with Crippen molar-refractivity contribution in [2.75, 3.05) is 20.2 Å². The van der Waals surface area contributed by atoms with E-state index in [0.717, 1.165) is 43.0 Å². The van der Waals surface area contributed by atoms with Crippen molar-refractivity contribution in [2.24, 2.45) is 11.1 Å². The van der Waals surface area contributed by atoms with Crippen molar-refractivity contribution in [3.8, 4) is 5.75 Å². The van der Waals surface area contributed by atoms with E-state index in [1.165, 1.54) is 0 Å². The zero-order valence-electron chi connectivity index (χ0n) is 13.1. The van der Waals surface area contributed by atoms with Crippen molar-refractivity contribution in [1.82, 2.24) is 4.90 Å². The molecule has 1 fully saturated rings. The molecule has 0 radical (unpaired) electrons. The molecule has 22 heavy (non-hydrogen) atoms. The highest BCUT2D eigenvalue weighted by molar-refractivity contribution is 6.05. The first-order chi connectivity index (χ1) is 10.7. The van der Waals surface area contributed by atoms with Crippen molar-refractivity contribution >= 4 is 11.6 Å². The van der Waals surface area contributed by atoms with Crippen LogP contribution < -0.4 is 4.74 Å². The fraction of sp³-hybridized carbons (Fsp3) is 0.529. The number of methoxy groups -OCH3 is 1. The number of hydrogen-bond donors (Lipinski definition) is 0. The zero-order chi connectivity index (χ0) is 15.5. The maximum absolute atomic E-state index is 12.5. The SMILES string of the molecule is COc1ccccc1C1=NOC(C(=O)N2CCC(C)CC2)C1. The van der Waals surface area contributed by atoms with Crippen LogP contribution in [0.2, 0.25) is 0 Å². The van der Waals surface area contributed by atoms with Crippen LogP contribution in [-0.4, -0.2) is 42.8 Å². The lowest BCUT2D eigenvalue weighted by Gasteiger charge is -2.31. The molecule has 1 unspecified atom stereocenters. The largest absolute Gasteiger partial charge is 0.496 e. The molecule has 0 aliphatic carbocycles.